The summed E-state index contributed by atoms with van der Waals surface area (Å²) >= 11 is 0. The second-order valence-corrected chi connectivity index (χ2v) is 17.3. The molecule has 0 aromatic heterocycles. The quantitative estimate of drug-likeness (QED) is 0.0153. The van der Waals surface area contributed by atoms with Crippen LogP contribution in [-0.2, 0) is 38.7 Å². The fourth-order valence-electron chi connectivity index (χ4n) is 6.62. The molecule has 0 radical (unpaired) electrons. The fraction of sp³-hybridized carbons (Fsp3) is 0.745. The highest BCUT2D eigenvalue weighted by atomic mass is 32.2. The second-order valence-electron chi connectivity index (χ2n) is 15.8. The van der Waals surface area contributed by atoms with Gasteiger partial charge in [0.05, 0.1) is 6.61 Å². The van der Waals surface area contributed by atoms with Crippen molar-refractivity contribution in [2.45, 2.75) is 205 Å². The Labute approximate surface area is 362 Å². The number of aliphatic hydroxyl groups is 3. The van der Waals surface area contributed by atoms with Gasteiger partial charge < -0.3 is 34.3 Å². The molecule has 60 heavy (non-hydrogen) atoms. The van der Waals surface area contributed by atoms with Crippen molar-refractivity contribution < 1.29 is 56.8 Å². The monoisotopic (exact) mass is 869 g/mol. The topological polar surface area (TPSA) is 186 Å². The molecule has 1 aliphatic heterocycles. The van der Waals surface area contributed by atoms with E-state index in [9.17, 15) is 37.9 Å². The van der Waals surface area contributed by atoms with Crippen LogP contribution < -0.4 is 0 Å². The predicted octanol–water partition coefficient (Wildman–Crippen LogP) is 9.34. The van der Waals surface area contributed by atoms with E-state index in [1.54, 1.807) is 0 Å². The molecule has 0 spiro atoms. The summed E-state index contributed by atoms with van der Waals surface area (Å²) in [6, 6.07) is 0. The Balaban J connectivity index is 2.45. The van der Waals surface area contributed by atoms with E-state index in [2.05, 4.69) is 38.2 Å². The van der Waals surface area contributed by atoms with Crippen LogP contribution >= 0.6 is 0 Å². The highest BCUT2D eigenvalue weighted by Gasteiger charge is 2.46. The van der Waals surface area contributed by atoms with Gasteiger partial charge in [0, 0.05) is 12.8 Å². The van der Waals surface area contributed by atoms with Crippen LogP contribution in [0, 0.1) is 0 Å². The number of rotatable bonds is 37. The van der Waals surface area contributed by atoms with Crippen molar-refractivity contribution in [2.24, 2.45) is 0 Å². The lowest BCUT2D eigenvalue weighted by atomic mass is 10.00. The summed E-state index contributed by atoms with van der Waals surface area (Å²) in [5, 5.41) is 30.9. The number of ether oxygens (including phenoxy) is 4. The van der Waals surface area contributed by atoms with Crippen LogP contribution in [0.25, 0.3) is 0 Å². The molecule has 0 aliphatic carbocycles. The van der Waals surface area contributed by atoms with Crippen molar-refractivity contribution in [1.82, 2.24) is 0 Å². The van der Waals surface area contributed by atoms with E-state index in [-0.39, 0.29) is 19.4 Å². The number of allylic oxidation sites excluding steroid dienone is 10. The van der Waals surface area contributed by atoms with E-state index in [0.29, 0.717) is 12.8 Å². The maximum atomic E-state index is 12.8. The van der Waals surface area contributed by atoms with Gasteiger partial charge in [0.1, 0.15) is 36.8 Å². The number of unbranched alkanes of at least 4 members (excludes halogenated alkanes) is 18. The normalized spacial score (nSPS) is 20.7. The third-order valence-electron chi connectivity index (χ3n) is 10.2. The van der Waals surface area contributed by atoms with Gasteiger partial charge in [-0.1, -0.05) is 158 Å². The minimum absolute atomic E-state index is 0.136. The van der Waals surface area contributed by atoms with Crippen molar-refractivity contribution in [3.63, 3.8) is 0 Å². The van der Waals surface area contributed by atoms with Crippen molar-refractivity contribution in [3.05, 3.63) is 60.8 Å². The molecule has 0 bridgehead atoms. The van der Waals surface area contributed by atoms with Crippen LogP contribution in [0.2, 0.25) is 0 Å². The van der Waals surface area contributed by atoms with Crippen LogP contribution in [0.15, 0.2) is 60.8 Å². The summed E-state index contributed by atoms with van der Waals surface area (Å²) in [4.78, 5) is 25.4. The van der Waals surface area contributed by atoms with Gasteiger partial charge in [-0.3, -0.25) is 14.1 Å². The van der Waals surface area contributed by atoms with Crippen LogP contribution in [0.5, 0.6) is 0 Å². The fourth-order valence-corrected chi connectivity index (χ4v) is 7.31. The van der Waals surface area contributed by atoms with Gasteiger partial charge in [-0.2, -0.15) is 8.42 Å². The number of carbonyl (C=O) groups is 2. The van der Waals surface area contributed by atoms with E-state index in [4.69, 9.17) is 18.9 Å². The largest absolute Gasteiger partial charge is 0.462 e. The lowest BCUT2D eigenvalue weighted by Gasteiger charge is -2.40. The Morgan fingerprint density at radius 2 is 1.07 bits per heavy atom. The molecular formula is C47H80O12S. The van der Waals surface area contributed by atoms with E-state index in [1.165, 1.54) is 70.6 Å². The summed E-state index contributed by atoms with van der Waals surface area (Å²) in [5.41, 5.74) is 0. The average Bonchev–Trinajstić information content (AvgIpc) is 3.21. The molecule has 1 saturated heterocycles. The SMILES string of the molecule is CC/C=C/C=C/C=C/C=C/CCCCCCCC(=O)O[C@H](COC(=O)CCCCCCCCCCC/C=C/CCCCCC)CO[C@H]1O[C@H](CS(=O)(=O)O)[C@@H](O)C(O)C1O. The summed E-state index contributed by atoms with van der Waals surface area (Å²) in [7, 11) is -4.61. The van der Waals surface area contributed by atoms with Crippen molar-refractivity contribution in [3.8, 4) is 0 Å². The van der Waals surface area contributed by atoms with Gasteiger partial charge >= 0.3 is 11.9 Å². The first-order valence-corrected chi connectivity index (χ1v) is 24.5. The third-order valence-corrected chi connectivity index (χ3v) is 10.9. The maximum Gasteiger partial charge on any atom is 0.306 e. The van der Waals surface area contributed by atoms with Crippen LogP contribution in [-0.4, -0.2) is 96.0 Å². The number of hydrogen-bond donors (Lipinski definition) is 4. The maximum absolute atomic E-state index is 12.8. The van der Waals surface area contributed by atoms with Gasteiger partial charge in [0.25, 0.3) is 10.1 Å². The Hall–Kier alpha value is -2.65. The lowest BCUT2D eigenvalue weighted by Crippen LogP contribution is -2.60. The zero-order valence-electron chi connectivity index (χ0n) is 36.8. The number of hydrogen-bond acceptors (Lipinski definition) is 11. The molecule has 0 aromatic carbocycles. The summed E-state index contributed by atoms with van der Waals surface area (Å²) in [5.74, 6) is -2.02. The molecule has 1 aliphatic rings. The highest BCUT2D eigenvalue weighted by Crippen LogP contribution is 2.24. The standard InChI is InChI=1S/C47H80O12S/c1-3-5-7-9-11-13-15-17-19-20-22-23-25-27-29-31-33-35-42(48)56-37-40(38-57-47-46(52)45(51)44(50)41(59-47)39-60(53,54)55)58-43(49)36-34-32-30-28-26-24-21-18-16-14-12-10-8-6-4-2/h6,8,10,12-16,18,21,40-41,44-47,50-52H,3-5,7,9,11,17,19-20,22-39H2,1-2H3,(H,53,54,55)/b8-6+,12-10+,15-13+,16-14+,21-18+/t40-,41-,44-,45?,46?,47+/m1/s1. The first-order valence-electron chi connectivity index (χ1n) is 22.9. The molecule has 1 rings (SSSR count). The Bertz CT molecular complexity index is 1340. The minimum Gasteiger partial charge on any atom is -0.462 e. The molecule has 2 unspecified atom stereocenters. The van der Waals surface area contributed by atoms with Crippen LogP contribution in [0.3, 0.4) is 0 Å². The van der Waals surface area contributed by atoms with E-state index < -0.39 is 71.2 Å². The number of aliphatic hydroxyl groups excluding tert-OH is 3. The molecule has 346 valence electrons. The Morgan fingerprint density at radius 1 is 0.583 bits per heavy atom. The highest BCUT2D eigenvalue weighted by molar-refractivity contribution is 7.85. The van der Waals surface area contributed by atoms with Crippen LogP contribution in [0.1, 0.15) is 168 Å². The van der Waals surface area contributed by atoms with Crippen molar-refractivity contribution in [2.75, 3.05) is 19.0 Å². The molecule has 4 N–H and O–H groups in total. The molecule has 13 heteroatoms. The molecule has 0 saturated carbocycles. The van der Waals surface area contributed by atoms with Crippen LogP contribution in [0.4, 0.5) is 0 Å². The molecule has 0 amide bonds. The van der Waals surface area contributed by atoms with Crippen molar-refractivity contribution in [1.29, 1.82) is 0 Å². The number of esters is 2. The van der Waals surface area contributed by atoms with E-state index in [1.807, 2.05) is 36.5 Å². The second kappa shape index (κ2) is 37.0. The number of carbonyl (C=O) groups excluding carboxylic acids is 2. The lowest BCUT2D eigenvalue weighted by molar-refractivity contribution is -0.297. The molecular weight excluding hydrogens is 789 g/mol. The van der Waals surface area contributed by atoms with Gasteiger partial charge in [-0.15, -0.1) is 0 Å². The average molecular weight is 869 g/mol. The van der Waals surface area contributed by atoms with Gasteiger partial charge in [-0.05, 0) is 57.8 Å². The third kappa shape index (κ3) is 31.2. The molecule has 12 nitrogen and oxygen atoms in total. The Morgan fingerprint density at radius 3 is 1.62 bits per heavy atom. The molecule has 1 heterocycles. The zero-order chi connectivity index (χ0) is 44.1. The molecule has 1 fully saturated rings. The first kappa shape index (κ1) is 55.4. The molecule has 6 atom stereocenters. The summed E-state index contributed by atoms with van der Waals surface area (Å²) < 4.78 is 54.0. The minimum atomic E-state index is -4.61. The van der Waals surface area contributed by atoms with Gasteiger partial charge in [0.2, 0.25) is 0 Å². The van der Waals surface area contributed by atoms with E-state index in [0.717, 1.165) is 57.8 Å². The summed E-state index contributed by atoms with van der Waals surface area (Å²) in [6.45, 7) is 3.58. The van der Waals surface area contributed by atoms with Gasteiger partial charge in [-0.25, -0.2) is 0 Å². The smallest absolute Gasteiger partial charge is 0.306 e. The van der Waals surface area contributed by atoms with Crippen molar-refractivity contribution >= 4 is 22.1 Å². The predicted molar refractivity (Wildman–Crippen MR) is 238 cm³/mol. The zero-order valence-corrected chi connectivity index (χ0v) is 37.6. The van der Waals surface area contributed by atoms with Gasteiger partial charge in [0.15, 0.2) is 12.4 Å². The Kier molecular flexibility index (Phi) is 34.1. The first-order chi connectivity index (χ1) is 29.0. The summed E-state index contributed by atoms with van der Waals surface area (Å²) in [6.07, 6.45) is 35.5. The molecule has 0 aromatic rings. The van der Waals surface area contributed by atoms with E-state index >= 15 is 0 Å².